The largest absolute Gasteiger partial charge is 0.480 e. The molecule has 0 aromatic heterocycles. The third-order valence-electron chi connectivity index (χ3n) is 3.39. The van der Waals surface area contributed by atoms with Crippen molar-refractivity contribution in [3.63, 3.8) is 0 Å². The van der Waals surface area contributed by atoms with E-state index in [4.69, 9.17) is 9.84 Å². The Morgan fingerprint density at radius 2 is 1.95 bits per heavy atom. The fraction of sp³-hybridized carbons (Fsp3) is 0.462. The van der Waals surface area contributed by atoms with Crippen LogP contribution in [0.25, 0.3) is 0 Å². The zero-order valence-electron chi connectivity index (χ0n) is 11.1. The molecule has 1 aliphatic carbocycles. The molecule has 0 aliphatic heterocycles. The van der Waals surface area contributed by atoms with E-state index in [0.29, 0.717) is 12.8 Å². The summed E-state index contributed by atoms with van der Waals surface area (Å²) in [6.45, 7) is -0.200. The van der Waals surface area contributed by atoms with Crippen LogP contribution in [-0.4, -0.2) is 44.5 Å². The van der Waals surface area contributed by atoms with E-state index in [-0.39, 0.29) is 6.61 Å². The number of sulfonamides is 1. The first kappa shape index (κ1) is 15.0. The molecule has 0 spiro atoms. The Bertz CT molecular complexity index is 574. The van der Waals surface area contributed by atoms with Gasteiger partial charge in [-0.25, -0.2) is 8.42 Å². The number of carbonyl (C=O) groups is 1. The minimum atomic E-state index is -3.70. The van der Waals surface area contributed by atoms with E-state index in [0.717, 1.165) is 11.1 Å². The Morgan fingerprint density at radius 3 is 2.40 bits per heavy atom. The summed E-state index contributed by atoms with van der Waals surface area (Å²) >= 11 is 0. The average Bonchev–Trinajstić information content (AvgIpc) is 2.82. The van der Waals surface area contributed by atoms with E-state index in [2.05, 4.69) is 4.72 Å². The third kappa shape index (κ3) is 3.17. The molecule has 20 heavy (non-hydrogen) atoms. The number of hydrogen-bond donors (Lipinski definition) is 2. The second kappa shape index (κ2) is 5.90. The summed E-state index contributed by atoms with van der Waals surface area (Å²) < 4.78 is 31.5. The quantitative estimate of drug-likeness (QED) is 0.781. The molecule has 0 amide bonds. The lowest BCUT2D eigenvalue weighted by atomic mass is 10.1. The minimum Gasteiger partial charge on any atom is -0.480 e. The van der Waals surface area contributed by atoms with Gasteiger partial charge in [0, 0.05) is 7.11 Å². The number of nitrogens with one attached hydrogen (secondary N) is 1. The normalized spacial score (nSPS) is 16.9. The number of rotatable bonds is 6. The van der Waals surface area contributed by atoms with Crippen molar-refractivity contribution in [2.24, 2.45) is 0 Å². The Morgan fingerprint density at radius 1 is 1.40 bits per heavy atom. The van der Waals surface area contributed by atoms with E-state index in [1.54, 1.807) is 0 Å². The van der Waals surface area contributed by atoms with Crippen LogP contribution in [0.15, 0.2) is 24.3 Å². The molecule has 1 aliphatic rings. The molecule has 110 valence electrons. The van der Waals surface area contributed by atoms with Gasteiger partial charge in [0.1, 0.15) is 6.04 Å². The van der Waals surface area contributed by atoms with Crippen LogP contribution in [0, 0.1) is 0 Å². The summed E-state index contributed by atoms with van der Waals surface area (Å²) in [7, 11) is -2.38. The highest BCUT2D eigenvalue weighted by molar-refractivity contribution is 7.90. The molecule has 1 unspecified atom stereocenters. The molecular formula is C13H17NO5S. The fourth-order valence-electron chi connectivity index (χ4n) is 2.35. The first-order valence-electron chi connectivity index (χ1n) is 6.23. The standard InChI is InChI=1S/C13H17NO5S/c1-19-8-12(13(15)16)14-20(17,18)11-6-9-4-2-3-5-10(9)7-11/h2-5,11-12,14H,6-8H2,1H3,(H,15,16). The van der Waals surface area contributed by atoms with Gasteiger partial charge in [0.2, 0.25) is 10.0 Å². The first-order chi connectivity index (χ1) is 9.44. The van der Waals surface area contributed by atoms with Crippen LogP contribution in [0.5, 0.6) is 0 Å². The SMILES string of the molecule is COCC(NS(=O)(=O)C1Cc2ccccc2C1)C(=O)O. The van der Waals surface area contributed by atoms with Crippen molar-refractivity contribution in [1.82, 2.24) is 4.72 Å². The van der Waals surface area contributed by atoms with Crippen molar-refractivity contribution in [1.29, 1.82) is 0 Å². The maximum atomic E-state index is 12.3. The number of carboxylic acid groups (broad SMARTS) is 1. The summed E-state index contributed by atoms with van der Waals surface area (Å²) in [6, 6.07) is 6.27. The van der Waals surface area contributed by atoms with Gasteiger partial charge in [0.25, 0.3) is 0 Å². The molecule has 0 bridgehead atoms. The van der Waals surface area contributed by atoms with Crippen LogP contribution in [0.2, 0.25) is 0 Å². The Balaban J connectivity index is 2.11. The van der Waals surface area contributed by atoms with Crippen LogP contribution in [0.4, 0.5) is 0 Å². The van der Waals surface area contributed by atoms with Crippen molar-refractivity contribution >= 4 is 16.0 Å². The average molecular weight is 299 g/mol. The van der Waals surface area contributed by atoms with Crippen molar-refractivity contribution in [3.8, 4) is 0 Å². The number of ether oxygens (including phenoxy) is 1. The lowest BCUT2D eigenvalue weighted by molar-refractivity contribution is -0.140. The molecule has 0 fully saturated rings. The highest BCUT2D eigenvalue weighted by Gasteiger charge is 2.35. The zero-order chi connectivity index (χ0) is 14.8. The smallest absolute Gasteiger partial charge is 0.324 e. The second-order valence-electron chi connectivity index (χ2n) is 4.81. The van der Waals surface area contributed by atoms with Crippen LogP contribution in [-0.2, 0) is 32.4 Å². The predicted molar refractivity (Wildman–Crippen MR) is 73.0 cm³/mol. The Labute approximate surface area is 117 Å². The van der Waals surface area contributed by atoms with Gasteiger partial charge >= 0.3 is 5.97 Å². The van der Waals surface area contributed by atoms with Gasteiger partial charge in [0.15, 0.2) is 0 Å². The van der Waals surface area contributed by atoms with Crippen molar-refractivity contribution < 1.29 is 23.1 Å². The molecule has 0 heterocycles. The molecule has 0 saturated heterocycles. The van der Waals surface area contributed by atoms with Crippen LogP contribution >= 0.6 is 0 Å². The number of carboxylic acids is 1. The van der Waals surface area contributed by atoms with E-state index in [1.807, 2.05) is 24.3 Å². The molecule has 7 heteroatoms. The molecule has 6 nitrogen and oxygen atoms in total. The van der Waals surface area contributed by atoms with Crippen LogP contribution < -0.4 is 4.72 Å². The van der Waals surface area contributed by atoms with Crippen LogP contribution in [0.1, 0.15) is 11.1 Å². The molecule has 0 saturated carbocycles. The van der Waals surface area contributed by atoms with Crippen molar-refractivity contribution in [2.75, 3.05) is 13.7 Å². The summed E-state index contributed by atoms with van der Waals surface area (Å²) in [5, 5.41) is 8.35. The van der Waals surface area contributed by atoms with Gasteiger partial charge in [-0.3, -0.25) is 4.79 Å². The van der Waals surface area contributed by atoms with Gasteiger partial charge in [0.05, 0.1) is 11.9 Å². The molecule has 2 N–H and O–H groups in total. The predicted octanol–water partition coefficient (Wildman–Crippen LogP) is 0.173. The van der Waals surface area contributed by atoms with E-state index >= 15 is 0 Å². The number of aliphatic carboxylic acids is 1. The second-order valence-corrected chi connectivity index (χ2v) is 6.80. The van der Waals surface area contributed by atoms with Gasteiger partial charge in [-0.2, -0.15) is 4.72 Å². The first-order valence-corrected chi connectivity index (χ1v) is 7.78. The van der Waals surface area contributed by atoms with Crippen LogP contribution in [0.3, 0.4) is 0 Å². The summed E-state index contributed by atoms with van der Waals surface area (Å²) in [5.41, 5.74) is 2.00. The lowest BCUT2D eigenvalue weighted by Crippen LogP contribution is -2.47. The van der Waals surface area contributed by atoms with Gasteiger partial charge < -0.3 is 9.84 Å². The summed E-state index contributed by atoms with van der Waals surface area (Å²) in [5.74, 6) is -1.24. The van der Waals surface area contributed by atoms with E-state index < -0.39 is 27.3 Å². The lowest BCUT2D eigenvalue weighted by Gasteiger charge is -2.17. The highest BCUT2D eigenvalue weighted by atomic mass is 32.2. The molecule has 0 radical (unpaired) electrons. The maximum Gasteiger partial charge on any atom is 0.324 e. The number of hydrogen-bond acceptors (Lipinski definition) is 4. The highest BCUT2D eigenvalue weighted by Crippen LogP contribution is 2.26. The molecular weight excluding hydrogens is 282 g/mol. The van der Waals surface area contributed by atoms with Gasteiger partial charge in [-0.1, -0.05) is 24.3 Å². The number of benzene rings is 1. The monoisotopic (exact) mass is 299 g/mol. The van der Waals surface area contributed by atoms with Gasteiger partial charge in [-0.05, 0) is 24.0 Å². The Hall–Kier alpha value is -1.44. The fourth-order valence-corrected chi connectivity index (χ4v) is 3.91. The summed E-state index contributed by atoms with van der Waals surface area (Å²) in [4.78, 5) is 11.0. The van der Waals surface area contributed by atoms with Gasteiger partial charge in [-0.15, -0.1) is 0 Å². The third-order valence-corrected chi connectivity index (χ3v) is 5.21. The molecule has 2 rings (SSSR count). The van der Waals surface area contributed by atoms with Crippen molar-refractivity contribution in [2.45, 2.75) is 24.1 Å². The number of methoxy groups -OCH3 is 1. The topological polar surface area (TPSA) is 92.7 Å². The summed E-state index contributed by atoms with van der Waals surface area (Å²) in [6.07, 6.45) is 0.815. The Kier molecular flexibility index (Phi) is 4.42. The zero-order valence-corrected chi connectivity index (χ0v) is 11.9. The van der Waals surface area contributed by atoms with E-state index in [1.165, 1.54) is 7.11 Å². The molecule has 1 atom stereocenters. The number of fused-ring (bicyclic) bond motifs is 1. The van der Waals surface area contributed by atoms with Crippen molar-refractivity contribution in [3.05, 3.63) is 35.4 Å². The molecule has 1 aromatic rings. The molecule has 1 aromatic carbocycles. The van der Waals surface area contributed by atoms with E-state index in [9.17, 15) is 13.2 Å². The maximum absolute atomic E-state index is 12.3. The minimum absolute atomic E-state index is 0.200.